The van der Waals surface area contributed by atoms with Crippen molar-refractivity contribution in [3.8, 4) is 0 Å². The largest absolute Gasteiger partial charge is 0.468 e. The van der Waals surface area contributed by atoms with Crippen molar-refractivity contribution in [1.29, 1.82) is 5.41 Å². The molecule has 2 N–H and O–H groups in total. The van der Waals surface area contributed by atoms with Gasteiger partial charge in [0.2, 0.25) is 5.91 Å². The third-order valence-electron chi connectivity index (χ3n) is 3.97. The topological polar surface area (TPSA) is 112 Å². The van der Waals surface area contributed by atoms with E-state index in [1.54, 1.807) is 36.2 Å². The van der Waals surface area contributed by atoms with Crippen molar-refractivity contribution < 1.29 is 19.1 Å². The Morgan fingerprint density at radius 3 is 2.57 bits per heavy atom. The molecule has 152 valence electrons. The van der Waals surface area contributed by atoms with Gasteiger partial charge in [0.15, 0.2) is 5.17 Å². The van der Waals surface area contributed by atoms with Gasteiger partial charge in [0, 0.05) is 23.5 Å². The van der Waals surface area contributed by atoms with Crippen molar-refractivity contribution in [2.24, 2.45) is 4.99 Å². The third-order valence-corrected chi connectivity index (χ3v) is 6.08. The maximum atomic E-state index is 12.4. The summed E-state index contributed by atoms with van der Waals surface area (Å²) in [6, 6.07) is 6.62. The van der Waals surface area contributed by atoms with E-state index in [4.69, 9.17) is 5.41 Å². The number of aliphatic imine (C=N–C) groups is 1. The molecular weight excluding hydrogens is 515 g/mol. The molecule has 2 atom stereocenters. The first-order valence-corrected chi connectivity index (χ1v) is 9.76. The van der Waals surface area contributed by atoms with Gasteiger partial charge in [0.25, 0.3) is 5.91 Å². The number of carbonyl (C=O) groups is 3. The molecule has 1 saturated heterocycles. The molecule has 0 aromatic heterocycles. The van der Waals surface area contributed by atoms with E-state index >= 15 is 0 Å². The molecule has 0 saturated carbocycles. The first kappa shape index (κ1) is 24.4. The van der Waals surface area contributed by atoms with Gasteiger partial charge in [-0.2, -0.15) is 4.99 Å². The van der Waals surface area contributed by atoms with Crippen LogP contribution < -0.4 is 5.32 Å². The second-order valence-corrected chi connectivity index (χ2v) is 7.70. The van der Waals surface area contributed by atoms with Gasteiger partial charge in [0.05, 0.1) is 12.7 Å². The molecule has 1 heterocycles. The molecule has 1 fully saturated rings. The maximum absolute atomic E-state index is 12.4. The Kier molecular flexibility index (Phi) is 9.96. The lowest BCUT2D eigenvalue weighted by Gasteiger charge is -2.19. The number of esters is 1. The standard InChI is InChI=1S/C17H20N4O4S2.HI/c1-10-14(16(24)19-8-13(22)25-3)27-17(21(10)2)20-15(23)11-4-6-12(7-5-11)26-9-18;/h4-7,9-10,14,18H,8H2,1-3H3,(H,19,24);1H. The Morgan fingerprint density at radius 2 is 2.00 bits per heavy atom. The number of amidine groups is 1. The average Bonchev–Trinajstić information content (AvgIpc) is 2.95. The Hall–Kier alpha value is -1.60. The van der Waals surface area contributed by atoms with Crippen molar-refractivity contribution in [2.75, 3.05) is 20.7 Å². The number of halogens is 1. The summed E-state index contributed by atoms with van der Waals surface area (Å²) < 4.78 is 4.50. The highest BCUT2D eigenvalue weighted by molar-refractivity contribution is 14.0. The predicted molar refractivity (Wildman–Crippen MR) is 122 cm³/mol. The molecule has 11 heteroatoms. The number of amides is 2. The summed E-state index contributed by atoms with van der Waals surface area (Å²) in [5.74, 6) is -1.24. The van der Waals surface area contributed by atoms with Gasteiger partial charge in [-0.15, -0.1) is 24.0 Å². The molecule has 0 radical (unpaired) electrons. The van der Waals surface area contributed by atoms with E-state index in [9.17, 15) is 14.4 Å². The van der Waals surface area contributed by atoms with Crippen LogP contribution in [0.2, 0.25) is 0 Å². The number of hydrogen-bond acceptors (Lipinski definition) is 7. The van der Waals surface area contributed by atoms with Gasteiger partial charge in [0.1, 0.15) is 11.8 Å². The summed E-state index contributed by atoms with van der Waals surface area (Å²) >= 11 is 2.43. The summed E-state index contributed by atoms with van der Waals surface area (Å²) in [5.41, 5.74) is 1.64. The fraction of sp³-hybridized carbons (Fsp3) is 0.353. The molecule has 1 aromatic rings. The number of nitrogens with one attached hydrogen (secondary N) is 2. The molecule has 1 aliphatic heterocycles. The van der Waals surface area contributed by atoms with E-state index in [0.29, 0.717) is 10.7 Å². The minimum atomic E-state index is -0.527. The van der Waals surface area contributed by atoms with Crippen molar-refractivity contribution in [1.82, 2.24) is 10.2 Å². The maximum Gasteiger partial charge on any atom is 0.325 e. The first-order valence-electron chi connectivity index (χ1n) is 8.00. The number of benzene rings is 1. The minimum Gasteiger partial charge on any atom is -0.468 e. The summed E-state index contributed by atoms with van der Waals surface area (Å²) in [4.78, 5) is 42.6. The van der Waals surface area contributed by atoms with Gasteiger partial charge in [-0.3, -0.25) is 14.4 Å². The van der Waals surface area contributed by atoms with Crippen LogP contribution in [0.5, 0.6) is 0 Å². The summed E-state index contributed by atoms with van der Waals surface area (Å²) in [5, 5.41) is 9.56. The van der Waals surface area contributed by atoms with E-state index in [-0.39, 0.29) is 42.5 Å². The number of nitrogens with zero attached hydrogens (tertiary/aromatic N) is 2. The second-order valence-electron chi connectivity index (χ2n) is 5.64. The van der Waals surface area contributed by atoms with Crippen LogP contribution in [0.15, 0.2) is 34.2 Å². The summed E-state index contributed by atoms with van der Waals surface area (Å²) in [6.45, 7) is 1.65. The Bertz CT molecular complexity index is 773. The Labute approximate surface area is 188 Å². The number of methoxy groups -OCH3 is 1. The average molecular weight is 536 g/mol. The molecule has 1 aliphatic rings. The molecule has 2 unspecified atom stereocenters. The van der Waals surface area contributed by atoms with Crippen LogP contribution in [0.25, 0.3) is 0 Å². The van der Waals surface area contributed by atoms with Crippen molar-refractivity contribution in [3.05, 3.63) is 29.8 Å². The quantitative estimate of drug-likeness (QED) is 0.189. The molecule has 1 aromatic carbocycles. The number of carbonyl (C=O) groups excluding carboxylic acids is 3. The fourth-order valence-electron chi connectivity index (χ4n) is 2.28. The third kappa shape index (κ3) is 6.21. The lowest BCUT2D eigenvalue weighted by atomic mass is 10.2. The molecule has 2 amide bonds. The smallest absolute Gasteiger partial charge is 0.325 e. The SMILES string of the molecule is COC(=O)CNC(=O)C1SC(=NC(=O)c2ccc(SC=N)cc2)N(C)C1C.I. The van der Waals surface area contributed by atoms with E-state index in [1.165, 1.54) is 36.2 Å². The highest BCUT2D eigenvalue weighted by Crippen LogP contribution is 2.31. The minimum absolute atomic E-state index is 0. The molecule has 2 rings (SSSR count). The van der Waals surface area contributed by atoms with Crippen LogP contribution >= 0.6 is 47.5 Å². The summed E-state index contributed by atoms with van der Waals surface area (Å²) in [7, 11) is 3.02. The monoisotopic (exact) mass is 536 g/mol. The Balaban J connectivity index is 0.00000392. The molecular formula is C17H21IN4O4S2. The van der Waals surface area contributed by atoms with E-state index in [2.05, 4.69) is 15.0 Å². The highest BCUT2D eigenvalue weighted by atomic mass is 127. The number of ether oxygens (including phenoxy) is 1. The van der Waals surface area contributed by atoms with Crippen molar-refractivity contribution in [2.45, 2.75) is 23.1 Å². The predicted octanol–water partition coefficient (Wildman–Crippen LogP) is 2.22. The lowest BCUT2D eigenvalue weighted by Crippen LogP contribution is -2.42. The van der Waals surface area contributed by atoms with Crippen LogP contribution in [0.3, 0.4) is 0 Å². The van der Waals surface area contributed by atoms with Crippen LogP contribution in [0, 0.1) is 5.41 Å². The number of rotatable bonds is 6. The number of hydrogen-bond donors (Lipinski definition) is 2. The van der Waals surface area contributed by atoms with Crippen molar-refractivity contribution in [3.63, 3.8) is 0 Å². The van der Waals surface area contributed by atoms with E-state index in [1.807, 2.05) is 6.92 Å². The molecule has 0 spiro atoms. The fourth-order valence-corrected chi connectivity index (χ4v) is 3.97. The van der Waals surface area contributed by atoms with Crippen molar-refractivity contribution >= 4 is 76.0 Å². The van der Waals surface area contributed by atoms with Gasteiger partial charge >= 0.3 is 5.97 Å². The molecule has 0 aliphatic carbocycles. The zero-order chi connectivity index (χ0) is 20.0. The molecule has 0 bridgehead atoms. The van der Waals surface area contributed by atoms with Crippen LogP contribution in [-0.2, 0) is 14.3 Å². The van der Waals surface area contributed by atoms with Gasteiger partial charge in [-0.25, -0.2) is 0 Å². The van der Waals surface area contributed by atoms with Gasteiger partial charge in [-0.05, 0) is 31.2 Å². The van der Waals surface area contributed by atoms with Gasteiger partial charge in [-0.1, -0.05) is 23.5 Å². The zero-order valence-electron chi connectivity index (χ0n) is 15.5. The molecule has 8 nitrogen and oxygen atoms in total. The second kappa shape index (κ2) is 11.4. The van der Waals surface area contributed by atoms with E-state index < -0.39 is 17.1 Å². The number of thioether (sulfide) groups is 2. The first-order chi connectivity index (χ1) is 12.9. The lowest BCUT2D eigenvalue weighted by molar-refractivity contribution is -0.141. The zero-order valence-corrected chi connectivity index (χ0v) is 19.5. The molecule has 28 heavy (non-hydrogen) atoms. The normalized spacial score (nSPS) is 19.7. The van der Waals surface area contributed by atoms with Crippen LogP contribution in [-0.4, -0.2) is 65.4 Å². The Morgan fingerprint density at radius 1 is 1.36 bits per heavy atom. The van der Waals surface area contributed by atoms with Crippen LogP contribution in [0.4, 0.5) is 0 Å². The van der Waals surface area contributed by atoms with Crippen LogP contribution in [0.1, 0.15) is 17.3 Å². The van der Waals surface area contributed by atoms with Gasteiger partial charge < -0.3 is 20.4 Å². The van der Waals surface area contributed by atoms with E-state index in [0.717, 1.165) is 4.90 Å². The highest BCUT2D eigenvalue weighted by Gasteiger charge is 2.39. The summed E-state index contributed by atoms with van der Waals surface area (Å²) in [6.07, 6.45) is 0.